The van der Waals surface area contributed by atoms with Crippen LogP contribution >= 0.6 is 0 Å². The normalized spacial score (nSPS) is 21.6. The fourth-order valence-corrected chi connectivity index (χ4v) is 2.69. The number of rotatable bonds is 3. The minimum Gasteiger partial charge on any atom is -0.395 e. The van der Waals surface area contributed by atoms with Gasteiger partial charge in [0.05, 0.1) is 17.5 Å². The van der Waals surface area contributed by atoms with Crippen molar-refractivity contribution in [1.29, 1.82) is 0 Å². The lowest BCUT2D eigenvalue weighted by Gasteiger charge is -2.39. The Morgan fingerprint density at radius 3 is 2.68 bits per heavy atom. The molecule has 0 bridgehead atoms. The molecular formula is C12H19N3O3S. The van der Waals surface area contributed by atoms with Gasteiger partial charge in [0.25, 0.3) is 0 Å². The summed E-state index contributed by atoms with van der Waals surface area (Å²) in [6.07, 6.45) is 2.55. The first-order valence-electron chi connectivity index (χ1n) is 6.14. The number of anilines is 1. The van der Waals surface area contributed by atoms with Crippen LogP contribution in [0.4, 0.5) is 5.82 Å². The lowest BCUT2D eigenvalue weighted by Crippen LogP contribution is -2.53. The molecule has 0 aliphatic carbocycles. The Morgan fingerprint density at radius 1 is 1.42 bits per heavy atom. The van der Waals surface area contributed by atoms with Crippen LogP contribution in [0.3, 0.4) is 0 Å². The van der Waals surface area contributed by atoms with E-state index >= 15 is 0 Å². The highest BCUT2D eigenvalue weighted by atomic mass is 32.2. The second-order valence-corrected chi connectivity index (χ2v) is 6.90. The highest BCUT2D eigenvalue weighted by Gasteiger charge is 2.24. The monoisotopic (exact) mass is 285 g/mol. The van der Waals surface area contributed by atoms with Crippen molar-refractivity contribution in [3.63, 3.8) is 0 Å². The van der Waals surface area contributed by atoms with E-state index < -0.39 is 9.84 Å². The molecule has 0 spiro atoms. The van der Waals surface area contributed by atoms with Crippen LogP contribution in [0.15, 0.2) is 23.2 Å². The van der Waals surface area contributed by atoms with Crippen molar-refractivity contribution >= 4 is 15.7 Å². The molecule has 1 fully saturated rings. The van der Waals surface area contributed by atoms with Gasteiger partial charge in [0.15, 0.2) is 9.84 Å². The Morgan fingerprint density at radius 2 is 2.16 bits per heavy atom. The number of aliphatic hydroxyl groups is 1. The van der Waals surface area contributed by atoms with E-state index in [4.69, 9.17) is 0 Å². The average Bonchev–Trinajstić information content (AvgIpc) is 2.38. The van der Waals surface area contributed by atoms with Gasteiger partial charge in [0.1, 0.15) is 5.82 Å². The summed E-state index contributed by atoms with van der Waals surface area (Å²) >= 11 is 0. The van der Waals surface area contributed by atoms with Crippen LogP contribution in [0.1, 0.15) is 0 Å². The van der Waals surface area contributed by atoms with Crippen molar-refractivity contribution in [2.75, 3.05) is 44.4 Å². The minimum atomic E-state index is -3.20. The smallest absolute Gasteiger partial charge is 0.177 e. The Balaban J connectivity index is 2.15. The van der Waals surface area contributed by atoms with Crippen LogP contribution in [0.25, 0.3) is 0 Å². The molecule has 1 aliphatic heterocycles. The first-order chi connectivity index (χ1) is 8.91. The minimum absolute atomic E-state index is 0.0881. The van der Waals surface area contributed by atoms with Crippen molar-refractivity contribution in [2.24, 2.45) is 0 Å². The number of aromatic nitrogens is 1. The van der Waals surface area contributed by atoms with E-state index in [0.717, 1.165) is 18.9 Å². The van der Waals surface area contributed by atoms with Crippen LogP contribution in [-0.2, 0) is 9.84 Å². The zero-order valence-corrected chi connectivity index (χ0v) is 12.0. The molecule has 1 saturated heterocycles. The van der Waals surface area contributed by atoms with Gasteiger partial charge in [-0.15, -0.1) is 0 Å². The highest BCUT2D eigenvalue weighted by Crippen LogP contribution is 2.18. The molecule has 1 atom stereocenters. The molecule has 1 aliphatic rings. The van der Waals surface area contributed by atoms with Gasteiger partial charge in [0, 0.05) is 32.1 Å². The Labute approximate surface area is 113 Å². The summed E-state index contributed by atoms with van der Waals surface area (Å²) in [5, 5.41) is 9.31. The Kier molecular flexibility index (Phi) is 4.07. The summed E-state index contributed by atoms with van der Waals surface area (Å²) in [5.41, 5.74) is 0. The Bertz CT molecular complexity index is 530. The number of nitrogens with zero attached hydrogens (tertiary/aromatic N) is 3. The zero-order chi connectivity index (χ0) is 14.0. The van der Waals surface area contributed by atoms with Crippen LogP contribution in [0.5, 0.6) is 0 Å². The molecule has 1 aromatic rings. The highest BCUT2D eigenvalue weighted by molar-refractivity contribution is 7.90. The number of aliphatic hydroxyl groups excluding tert-OH is 1. The molecule has 106 valence electrons. The summed E-state index contributed by atoms with van der Waals surface area (Å²) < 4.78 is 22.7. The van der Waals surface area contributed by atoms with Crippen LogP contribution < -0.4 is 4.90 Å². The fraction of sp³-hybridized carbons (Fsp3) is 0.583. The van der Waals surface area contributed by atoms with Gasteiger partial charge in [-0.1, -0.05) is 0 Å². The van der Waals surface area contributed by atoms with Crippen LogP contribution in [-0.4, -0.2) is 69.0 Å². The second-order valence-electron chi connectivity index (χ2n) is 4.89. The van der Waals surface area contributed by atoms with E-state index in [0.29, 0.717) is 6.54 Å². The SMILES string of the molecule is CN1CCN(c2ccc(S(C)(=O)=O)cn2)CC1CO. The number of likely N-dealkylation sites (N-methyl/N-ethyl adjacent to an activating group) is 1. The van der Waals surface area contributed by atoms with Crippen molar-refractivity contribution < 1.29 is 13.5 Å². The van der Waals surface area contributed by atoms with Crippen LogP contribution in [0.2, 0.25) is 0 Å². The molecule has 0 radical (unpaired) electrons. The van der Waals surface area contributed by atoms with E-state index in [9.17, 15) is 13.5 Å². The summed E-state index contributed by atoms with van der Waals surface area (Å²) in [4.78, 5) is 8.61. The maximum absolute atomic E-state index is 11.4. The van der Waals surface area contributed by atoms with Crippen molar-refractivity contribution in [3.8, 4) is 0 Å². The van der Waals surface area contributed by atoms with E-state index in [-0.39, 0.29) is 17.5 Å². The molecule has 0 saturated carbocycles. The fourth-order valence-electron chi connectivity index (χ4n) is 2.13. The number of hydrogen-bond donors (Lipinski definition) is 1. The first-order valence-corrected chi connectivity index (χ1v) is 8.03. The third kappa shape index (κ3) is 3.23. The molecular weight excluding hydrogens is 266 g/mol. The topological polar surface area (TPSA) is 73.7 Å². The van der Waals surface area contributed by atoms with Crippen molar-refractivity contribution in [1.82, 2.24) is 9.88 Å². The molecule has 6 nitrogen and oxygen atoms in total. The number of sulfone groups is 1. The summed E-state index contributed by atoms with van der Waals surface area (Å²) in [6, 6.07) is 3.38. The molecule has 1 N–H and O–H groups in total. The maximum Gasteiger partial charge on any atom is 0.177 e. The van der Waals surface area contributed by atoms with Crippen LogP contribution in [0, 0.1) is 0 Å². The molecule has 1 aromatic heterocycles. The molecule has 2 heterocycles. The first kappa shape index (κ1) is 14.2. The number of piperazine rings is 1. The van der Waals surface area contributed by atoms with Gasteiger partial charge in [-0.2, -0.15) is 0 Å². The van der Waals surface area contributed by atoms with E-state index in [1.807, 2.05) is 7.05 Å². The van der Waals surface area contributed by atoms with Gasteiger partial charge in [-0.25, -0.2) is 13.4 Å². The van der Waals surface area contributed by atoms with E-state index in [1.165, 1.54) is 12.5 Å². The molecule has 0 amide bonds. The van der Waals surface area contributed by atoms with Crippen molar-refractivity contribution in [3.05, 3.63) is 18.3 Å². The summed E-state index contributed by atoms with van der Waals surface area (Å²) in [6.45, 7) is 2.46. The van der Waals surface area contributed by atoms with Gasteiger partial charge in [-0.3, -0.25) is 4.90 Å². The summed E-state index contributed by atoms with van der Waals surface area (Å²) in [7, 11) is -1.22. The van der Waals surface area contributed by atoms with Gasteiger partial charge >= 0.3 is 0 Å². The molecule has 2 rings (SSSR count). The third-order valence-electron chi connectivity index (χ3n) is 3.46. The number of pyridine rings is 1. The molecule has 19 heavy (non-hydrogen) atoms. The molecule has 7 heteroatoms. The van der Waals surface area contributed by atoms with Crippen molar-refractivity contribution in [2.45, 2.75) is 10.9 Å². The molecule has 0 aromatic carbocycles. The van der Waals surface area contributed by atoms with Gasteiger partial charge < -0.3 is 10.0 Å². The van der Waals surface area contributed by atoms with Gasteiger partial charge in [0.2, 0.25) is 0 Å². The predicted molar refractivity (Wildman–Crippen MR) is 73.1 cm³/mol. The van der Waals surface area contributed by atoms with Gasteiger partial charge in [-0.05, 0) is 19.2 Å². The maximum atomic E-state index is 11.4. The standard InChI is InChI=1S/C12H19N3O3S/c1-14-5-6-15(8-10(14)9-16)12-4-3-11(7-13-12)19(2,17)18/h3-4,7,10,16H,5-6,8-9H2,1-2H3. The Hall–Kier alpha value is -1.18. The quantitative estimate of drug-likeness (QED) is 0.814. The second kappa shape index (κ2) is 5.44. The molecule has 1 unspecified atom stereocenters. The lowest BCUT2D eigenvalue weighted by atomic mass is 10.2. The van der Waals surface area contributed by atoms with E-state index in [1.54, 1.807) is 12.1 Å². The van der Waals surface area contributed by atoms with E-state index in [2.05, 4.69) is 14.8 Å². The third-order valence-corrected chi connectivity index (χ3v) is 4.56. The average molecular weight is 285 g/mol. The summed E-state index contributed by atoms with van der Waals surface area (Å²) in [5.74, 6) is 0.749. The largest absolute Gasteiger partial charge is 0.395 e. The predicted octanol–water partition coefficient (Wildman–Crippen LogP) is -0.402. The lowest BCUT2D eigenvalue weighted by molar-refractivity contribution is 0.135. The zero-order valence-electron chi connectivity index (χ0n) is 11.2. The number of hydrogen-bond acceptors (Lipinski definition) is 6.